The third-order valence-corrected chi connectivity index (χ3v) is 2.11. The highest BCUT2D eigenvalue weighted by Crippen LogP contribution is 2.10. The number of esters is 1. The molecule has 1 aromatic heterocycles. The van der Waals surface area contributed by atoms with Crippen molar-refractivity contribution < 1.29 is 9.53 Å². The van der Waals surface area contributed by atoms with Gasteiger partial charge in [-0.05, 0) is 0 Å². The highest BCUT2D eigenvalue weighted by molar-refractivity contribution is 7.09. The number of nitrogens with zero attached hydrogens (tertiary/aromatic N) is 2. The van der Waals surface area contributed by atoms with Crippen LogP contribution in [0, 0.1) is 0 Å². The highest BCUT2D eigenvalue weighted by Gasteiger charge is 2.03. The molecule has 0 fully saturated rings. The fraction of sp³-hybridized carbons (Fsp3) is 0.571. The van der Waals surface area contributed by atoms with E-state index in [1.165, 1.54) is 18.6 Å². The van der Waals surface area contributed by atoms with Crippen molar-refractivity contribution in [2.75, 3.05) is 19.0 Å². The molecule has 1 aromatic rings. The first-order valence-electron chi connectivity index (χ1n) is 3.89. The van der Waals surface area contributed by atoms with Crippen molar-refractivity contribution in [2.45, 2.75) is 13.3 Å². The predicted molar refractivity (Wildman–Crippen MR) is 49.8 cm³/mol. The van der Waals surface area contributed by atoms with Gasteiger partial charge in [0.05, 0.1) is 7.11 Å². The van der Waals surface area contributed by atoms with Crippen LogP contribution in [0.25, 0.3) is 0 Å². The van der Waals surface area contributed by atoms with E-state index in [1.54, 1.807) is 0 Å². The zero-order valence-electron chi connectivity index (χ0n) is 7.53. The molecule has 0 aliphatic carbocycles. The average Bonchev–Trinajstić information content (AvgIpc) is 2.61. The number of carbonyl (C=O) groups excluding carboxylic acids is 1. The maximum absolute atomic E-state index is 10.7. The van der Waals surface area contributed by atoms with Gasteiger partial charge in [0, 0.05) is 18.0 Å². The van der Waals surface area contributed by atoms with E-state index in [4.69, 9.17) is 0 Å². The molecule has 72 valence electrons. The summed E-state index contributed by atoms with van der Waals surface area (Å²) in [5, 5.41) is 3.48. The Kier molecular flexibility index (Phi) is 3.63. The third kappa shape index (κ3) is 2.98. The van der Waals surface area contributed by atoms with Crippen LogP contribution in [0.15, 0.2) is 0 Å². The van der Waals surface area contributed by atoms with Gasteiger partial charge in [-0.1, -0.05) is 6.92 Å². The Bertz CT molecular complexity index is 287. The number of methoxy groups -OCH3 is 1. The number of hydrogen-bond acceptors (Lipinski definition) is 6. The monoisotopic (exact) mass is 201 g/mol. The molecule has 0 aliphatic heterocycles. The van der Waals surface area contributed by atoms with Crippen molar-refractivity contribution in [1.29, 1.82) is 0 Å². The highest BCUT2D eigenvalue weighted by atomic mass is 32.1. The largest absolute Gasteiger partial charge is 0.468 e. The van der Waals surface area contributed by atoms with Crippen LogP contribution < -0.4 is 5.32 Å². The molecule has 0 aromatic carbocycles. The smallest absolute Gasteiger partial charge is 0.325 e. The van der Waals surface area contributed by atoms with Gasteiger partial charge < -0.3 is 10.1 Å². The first-order valence-corrected chi connectivity index (χ1v) is 4.67. The Morgan fingerprint density at radius 2 is 2.46 bits per heavy atom. The zero-order chi connectivity index (χ0) is 9.68. The van der Waals surface area contributed by atoms with E-state index in [-0.39, 0.29) is 12.5 Å². The van der Waals surface area contributed by atoms with Gasteiger partial charge in [-0.2, -0.15) is 4.37 Å². The summed E-state index contributed by atoms with van der Waals surface area (Å²) in [6, 6.07) is 0. The molecular formula is C7H11N3O2S. The van der Waals surface area contributed by atoms with E-state index in [2.05, 4.69) is 19.4 Å². The van der Waals surface area contributed by atoms with Crippen molar-refractivity contribution in [1.82, 2.24) is 9.36 Å². The predicted octanol–water partition coefficient (Wildman–Crippen LogP) is 0.685. The molecule has 1 N–H and O–H groups in total. The van der Waals surface area contributed by atoms with Gasteiger partial charge in [0.2, 0.25) is 5.13 Å². The number of carbonyl (C=O) groups is 1. The van der Waals surface area contributed by atoms with Crippen LogP contribution in [0.3, 0.4) is 0 Å². The topological polar surface area (TPSA) is 64.1 Å². The van der Waals surface area contributed by atoms with E-state index in [9.17, 15) is 4.79 Å². The minimum atomic E-state index is -0.312. The van der Waals surface area contributed by atoms with E-state index in [0.29, 0.717) is 5.13 Å². The second-order valence-electron chi connectivity index (χ2n) is 2.30. The normalized spacial score (nSPS) is 9.69. The Morgan fingerprint density at radius 1 is 1.69 bits per heavy atom. The Morgan fingerprint density at radius 3 is 3.00 bits per heavy atom. The molecule has 6 heteroatoms. The van der Waals surface area contributed by atoms with Gasteiger partial charge in [-0.3, -0.25) is 4.79 Å². The lowest BCUT2D eigenvalue weighted by Crippen LogP contribution is -2.14. The molecule has 5 nitrogen and oxygen atoms in total. The minimum Gasteiger partial charge on any atom is -0.468 e. The van der Waals surface area contributed by atoms with Crippen molar-refractivity contribution in [3.63, 3.8) is 0 Å². The Balaban J connectivity index is 2.41. The van der Waals surface area contributed by atoms with Crippen LogP contribution in [0.4, 0.5) is 5.13 Å². The molecule has 0 amide bonds. The number of anilines is 1. The van der Waals surface area contributed by atoms with Crippen molar-refractivity contribution in [3.05, 3.63) is 5.82 Å². The van der Waals surface area contributed by atoms with Gasteiger partial charge in [-0.25, -0.2) is 4.98 Å². The summed E-state index contributed by atoms with van der Waals surface area (Å²) in [4.78, 5) is 14.9. The van der Waals surface area contributed by atoms with Crippen LogP contribution in [-0.2, 0) is 16.0 Å². The summed E-state index contributed by atoms with van der Waals surface area (Å²) in [6.07, 6.45) is 0.802. The summed E-state index contributed by atoms with van der Waals surface area (Å²) in [5.41, 5.74) is 0. The summed E-state index contributed by atoms with van der Waals surface area (Å²) < 4.78 is 8.51. The number of hydrogen-bond donors (Lipinski definition) is 1. The fourth-order valence-electron chi connectivity index (χ4n) is 0.689. The van der Waals surface area contributed by atoms with Crippen LogP contribution in [-0.4, -0.2) is 29.0 Å². The molecule has 1 heterocycles. The fourth-order valence-corrected chi connectivity index (χ4v) is 1.33. The Labute approximate surface area is 80.3 Å². The summed E-state index contributed by atoms with van der Waals surface area (Å²) >= 11 is 1.25. The van der Waals surface area contributed by atoms with E-state index < -0.39 is 0 Å². The molecule has 0 bridgehead atoms. The molecule has 0 aliphatic rings. The number of ether oxygens (including phenoxy) is 1. The zero-order valence-corrected chi connectivity index (χ0v) is 8.35. The minimum absolute atomic E-state index is 0.134. The third-order valence-electron chi connectivity index (χ3n) is 1.40. The van der Waals surface area contributed by atoms with Crippen molar-refractivity contribution >= 4 is 22.6 Å². The molecule has 0 spiro atoms. The SMILES string of the molecule is CCc1nsc(NCC(=O)OC)n1. The van der Waals surface area contributed by atoms with Gasteiger partial charge in [0.1, 0.15) is 12.4 Å². The standard InChI is InChI=1S/C7H11N3O2S/c1-3-5-9-7(13-10-5)8-4-6(11)12-2/h3-4H2,1-2H3,(H,8,9,10). The average molecular weight is 201 g/mol. The number of aromatic nitrogens is 2. The van der Waals surface area contributed by atoms with Crippen molar-refractivity contribution in [2.24, 2.45) is 0 Å². The lowest BCUT2D eigenvalue weighted by molar-refractivity contribution is -0.138. The molecule has 0 unspecified atom stereocenters. The van der Waals surface area contributed by atoms with E-state index in [0.717, 1.165) is 12.2 Å². The lowest BCUT2D eigenvalue weighted by Gasteiger charge is -1.98. The van der Waals surface area contributed by atoms with Crippen LogP contribution >= 0.6 is 11.5 Å². The maximum atomic E-state index is 10.7. The molecular weight excluding hydrogens is 190 g/mol. The van der Waals surface area contributed by atoms with E-state index >= 15 is 0 Å². The first kappa shape index (κ1) is 9.91. The van der Waals surface area contributed by atoms with Gasteiger partial charge in [0.25, 0.3) is 0 Å². The Hall–Kier alpha value is -1.17. The van der Waals surface area contributed by atoms with E-state index in [1.807, 2.05) is 6.92 Å². The second kappa shape index (κ2) is 4.76. The summed E-state index contributed by atoms with van der Waals surface area (Å²) in [6.45, 7) is 2.11. The number of nitrogens with one attached hydrogen (secondary N) is 1. The van der Waals surface area contributed by atoms with Gasteiger partial charge >= 0.3 is 5.97 Å². The number of aryl methyl sites for hydroxylation is 1. The lowest BCUT2D eigenvalue weighted by atomic mass is 10.5. The molecule has 13 heavy (non-hydrogen) atoms. The van der Waals surface area contributed by atoms with Crippen LogP contribution in [0.5, 0.6) is 0 Å². The molecule has 0 radical (unpaired) electrons. The quantitative estimate of drug-likeness (QED) is 0.726. The summed E-state index contributed by atoms with van der Waals surface area (Å²) in [5.74, 6) is 0.477. The molecule has 0 saturated carbocycles. The maximum Gasteiger partial charge on any atom is 0.325 e. The number of rotatable bonds is 4. The van der Waals surface area contributed by atoms with Gasteiger partial charge in [0.15, 0.2) is 0 Å². The van der Waals surface area contributed by atoms with Crippen LogP contribution in [0.1, 0.15) is 12.7 Å². The second-order valence-corrected chi connectivity index (χ2v) is 3.05. The van der Waals surface area contributed by atoms with Crippen molar-refractivity contribution in [3.8, 4) is 0 Å². The van der Waals surface area contributed by atoms with Crippen LogP contribution in [0.2, 0.25) is 0 Å². The van der Waals surface area contributed by atoms with Gasteiger partial charge in [-0.15, -0.1) is 0 Å². The molecule has 0 atom stereocenters. The molecule has 1 rings (SSSR count). The molecule has 0 saturated heterocycles. The summed E-state index contributed by atoms with van der Waals surface area (Å²) in [7, 11) is 1.35. The first-order chi connectivity index (χ1) is 6.26.